The molecule has 0 bridgehead atoms. The van der Waals surface area contributed by atoms with E-state index in [0.717, 1.165) is 6.07 Å². The molecule has 0 aliphatic carbocycles. The molecule has 0 atom stereocenters. The molecule has 0 aliphatic rings. The van der Waals surface area contributed by atoms with Gasteiger partial charge in [0.25, 0.3) is 11.6 Å². The Morgan fingerprint density at radius 2 is 1.86 bits per heavy atom. The van der Waals surface area contributed by atoms with E-state index >= 15 is 0 Å². The molecular formula is C15H12N2O5. The lowest BCUT2D eigenvalue weighted by Crippen LogP contribution is -2.12. The van der Waals surface area contributed by atoms with E-state index in [9.17, 15) is 24.8 Å². The predicted molar refractivity (Wildman–Crippen MR) is 79.2 cm³/mol. The Bertz CT molecular complexity index is 770. The summed E-state index contributed by atoms with van der Waals surface area (Å²) in [4.78, 5) is 33.5. The van der Waals surface area contributed by atoms with Gasteiger partial charge >= 0.3 is 0 Å². The number of rotatable bonds is 4. The van der Waals surface area contributed by atoms with Crippen molar-refractivity contribution < 1.29 is 19.6 Å². The van der Waals surface area contributed by atoms with Gasteiger partial charge < -0.3 is 10.4 Å². The van der Waals surface area contributed by atoms with Gasteiger partial charge in [-0.15, -0.1) is 0 Å². The van der Waals surface area contributed by atoms with Crippen LogP contribution in [0.3, 0.4) is 0 Å². The van der Waals surface area contributed by atoms with Gasteiger partial charge in [-0.25, -0.2) is 0 Å². The number of anilines is 1. The zero-order valence-electron chi connectivity index (χ0n) is 11.6. The Morgan fingerprint density at radius 3 is 2.50 bits per heavy atom. The number of amides is 1. The van der Waals surface area contributed by atoms with Crippen LogP contribution in [-0.2, 0) is 0 Å². The molecule has 0 aromatic heterocycles. The summed E-state index contributed by atoms with van der Waals surface area (Å²) in [6, 6.07) is 9.57. The summed E-state index contributed by atoms with van der Waals surface area (Å²) in [5, 5.41) is 23.1. The number of ketones is 1. The molecule has 22 heavy (non-hydrogen) atoms. The van der Waals surface area contributed by atoms with Gasteiger partial charge in [-0.05, 0) is 25.1 Å². The van der Waals surface area contributed by atoms with Crippen LogP contribution < -0.4 is 5.32 Å². The monoisotopic (exact) mass is 300 g/mol. The average molecular weight is 300 g/mol. The summed E-state index contributed by atoms with van der Waals surface area (Å²) >= 11 is 0. The summed E-state index contributed by atoms with van der Waals surface area (Å²) < 4.78 is 0. The fourth-order valence-electron chi connectivity index (χ4n) is 1.88. The minimum Gasteiger partial charge on any atom is -0.505 e. The van der Waals surface area contributed by atoms with Gasteiger partial charge in [0, 0.05) is 17.7 Å². The fraction of sp³-hybridized carbons (Fsp3) is 0.0667. The van der Waals surface area contributed by atoms with E-state index < -0.39 is 10.8 Å². The first-order valence-corrected chi connectivity index (χ1v) is 6.29. The molecule has 0 saturated heterocycles. The van der Waals surface area contributed by atoms with Crippen LogP contribution in [0, 0.1) is 10.1 Å². The predicted octanol–water partition coefficient (Wildman–Crippen LogP) is 2.76. The minimum absolute atomic E-state index is 0.0595. The number of nitro benzene ring substituents is 1. The van der Waals surface area contributed by atoms with Crippen molar-refractivity contribution in [2.24, 2.45) is 0 Å². The maximum atomic E-state index is 12.1. The first-order chi connectivity index (χ1) is 10.4. The number of carbonyl (C=O) groups excluding carboxylic acids is 2. The zero-order chi connectivity index (χ0) is 16.3. The van der Waals surface area contributed by atoms with Crippen molar-refractivity contribution in [3.63, 3.8) is 0 Å². The number of nitrogens with one attached hydrogen (secondary N) is 1. The molecule has 112 valence electrons. The highest BCUT2D eigenvalue weighted by molar-refractivity contribution is 6.07. The van der Waals surface area contributed by atoms with Crippen LogP contribution in [-0.4, -0.2) is 21.7 Å². The van der Waals surface area contributed by atoms with Crippen LogP contribution in [0.25, 0.3) is 0 Å². The van der Waals surface area contributed by atoms with Crippen LogP contribution >= 0.6 is 0 Å². The number of aromatic hydroxyl groups is 1. The minimum atomic E-state index is -0.625. The van der Waals surface area contributed by atoms with Gasteiger partial charge in [-0.3, -0.25) is 19.7 Å². The van der Waals surface area contributed by atoms with Crippen LogP contribution in [0.2, 0.25) is 0 Å². The summed E-state index contributed by atoms with van der Waals surface area (Å²) in [5.41, 5.74) is -0.00256. The van der Waals surface area contributed by atoms with E-state index in [4.69, 9.17) is 0 Å². The second kappa shape index (κ2) is 6.04. The van der Waals surface area contributed by atoms with E-state index in [0.29, 0.717) is 0 Å². The molecule has 2 N–H and O–H groups in total. The highest BCUT2D eigenvalue weighted by Crippen LogP contribution is 2.28. The first kappa shape index (κ1) is 15.2. The van der Waals surface area contributed by atoms with Gasteiger partial charge in [0.1, 0.15) is 5.75 Å². The van der Waals surface area contributed by atoms with E-state index in [-0.39, 0.29) is 34.0 Å². The molecule has 0 spiro atoms. The second-order valence-electron chi connectivity index (χ2n) is 4.52. The first-order valence-electron chi connectivity index (χ1n) is 6.29. The molecule has 0 saturated carbocycles. The molecule has 0 fully saturated rings. The molecule has 0 heterocycles. The lowest BCUT2D eigenvalue weighted by Gasteiger charge is -2.09. The summed E-state index contributed by atoms with van der Waals surface area (Å²) in [7, 11) is 0. The van der Waals surface area contributed by atoms with Crippen LogP contribution in [0.15, 0.2) is 42.5 Å². The summed E-state index contributed by atoms with van der Waals surface area (Å²) in [6.07, 6.45) is 0. The zero-order valence-corrected chi connectivity index (χ0v) is 11.6. The largest absolute Gasteiger partial charge is 0.505 e. The third kappa shape index (κ3) is 3.09. The van der Waals surface area contributed by atoms with Crippen molar-refractivity contribution in [3.05, 3.63) is 63.7 Å². The van der Waals surface area contributed by atoms with Crippen molar-refractivity contribution in [3.8, 4) is 5.75 Å². The highest BCUT2D eigenvalue weighted by atomic mass is 16.6. The molecule has 2 aromatic carbocycles. The SMILES string of the molecule is CC(=O)c1cccc(NC(=O)c2cccc([N+](=O)[O-])c2)c1O. The number of phenolic OH excluding ortho intramolecular Hbond substituents is 1. The molecule has 7 nitrogen and oxygen atoms in total. The van der Waals surface area contributed by atoms with Crippen molar-refractivity contribution in [2.45, 2.75) is 6.92 Å². The Labute approximate surface area is 125 Å². The van der Waals surface area contributed by atoms with Gasteiger partial charge in [0.05, 0.1) is 16.2 Å². The van der Waals surface area contributed by atoms with Gasteiger partial charge in [-0.2, -0.15) is 0 Å². The second-order valence-corrected chi connectivity index (χ2v) is 4.52. The Morgan fingerprint density at radius 1 is 1.18 bits per heavy atom. The van der Waals surface area contributed by atoms with Crippen LogP contribution in [0.5, 0.6) is 5.75 Å². The van der Waals surface area contributed by atoms with Crippen molar-refractivity contribution >= 4 is 23.1 Å². The number of Topliss-reactive ketones (excluding diaryl/α,β-unsaturated/α-hetero) is 1. The van der Waals surface area contributed by atoms with Crippen LogP contribution in [0.1, 0.15) is 27.6 Å². The summed E-state index contributed by atoms with van der Waals surface area (Å²) in [5.74, 6) is -1.31. The van der Waals surface area contributed by atoms with Crippen molar-refractivity contribution in [2.75, 3.05) is 5.32 Å². The fourth-order valence-corrected chi connectivity index (χ4v) is 1.88. The number of hydrogen-bond acceptors (Lipinski definition) is 5. The smallest absolute Gasteiger partial charge is 0.270 e. The third-order valence-electron chi connectivity index (χ3n) is 2.98. The molecular weight excluding hydrogens is 288 g/mol. The number of benzene rings is 2. The Kier molecular flexibility index (Phi) is 4.17. The van der Waals surface area contributed by atoms with Crippen LogP contribution in [0.4, 0.5) is 11.4 Å². The number of para-hydroxylation sites is 1. The van der Waals surface area contributed by atoms with Crippen molar-refractivity contribution in [1.82, 2.24) is 0 Å². The lowest BCUT2D eigenvalue weighted by molar-refractivity contribution is -0.384. The van der Waals surface area contributed by atoms with Gasteiger partial charge in [-0.1, -0.05) is 12.1 Å². The summed E-state index contributed by atoms with van der Waals surface area (Å²) in [6.45, 7) is 1.29. The number of phenols is 1. The van der Waals surface area contributed by atoms with Gasteiger partial charge in [0.15, 0.2) is 5.78 Å². The number of nitro groups is 1. The molecule has 2 aromatic rings. The molecule has 0 aliphatic heterocycles. The highest BCUT2D eigenvalue weighted by Gasteiger charge is 2.15. The maximum Gasteiger partial charge on any atom is 0.270 e. The number of non-ortho nitro benzene ring substituents is 1. The topological polar surface area (TPSA) is 110 Å². The van der Waals surface area contributed by atoms with E-state index in [1.807, 2.05) is 0 Å². The lowest BCUT2D eigenvalue weighted by atomic mass is 10.1. The third-order valence-corrected chi connectivity index (χ3v) is 2.98. The maximum absolute atomic E-state index is 12.1. The molecule has 0 radical (unpaired) electrons. The average Bonchev–Trinajstić information content (AvgIpc) is 2.49. The van der Waals surface area contributed by atoms with E-state index in [1.165, 1.54) is 43.3 Å². The number of carbonyl (C=O) groups is 2. The molecule has 2 rings (SSSR count). The van der Waals surface area contributed by atoms with E-state index in [1.54, 1.807) is 0 Å². The quantitative estimate of drug-likeness (QED) is 0.390. The van der Waals surface area contributed by atoms with E-state index in [2.05, 4.69) is 5.32 Å². The number of nitrogens with zero attached hydrogens (tertiary/aromatic N) is 1. The number of hydrogen-bond donors (Lipinski definition) is 2. The molecule has 0 unspecified atom stereocenters. The Balaban J connectivity index is 2.30. The van der Waals surface area contributed by atoms with Gasteiger partial charge in [0.2, 0.25) is 0 Å². The van der Waals surface area contributed by atoms with Crippen molar-refractivity contribution in [1.29, 1.82) is 0 Å². The molecule has 7 heteroatoms. The standard InChI is InChI=1S/C15H12N2O5/c1-9(18)12-6-3-7-13(14(12)19)16-15(20)10-4-2-5-11(8-10)17(21)22/h2-8,19H,1H3,(H,16,20). The Hall–Kier alpha value is -3.22. The normalized spacial score (nSPS) is 10.0. The molecule has 1 amide bonds.